The van der Waals surface area contributed by atoms with E-state index in [4.69, 9.17) is 4.18 Å². The summed E-state index contributed by atoms with van der Waals surface area (Å²) in [5.74, 6) is -0.976. The third-order valence-electron chi connectivity index (χ3n) is 4.50. The van der Waals surface area contributed by atoms with E-state index in [1.807, 2.05) is 0 Å². The number of aromatic hydroxyl groups is 1. The molecule has 3 rings (SSSR count). The molecule has 0 aromatic heterocycles. The summed E-state index contributed by atoms with van der Waals surface area (Å²) in [6.07, 6.45) is 0. The van der Waals surface area contributed by atoms with Gasteiger partial charge in [-0.25, -0.2) is 8.42 Å². The molecule has 0 fully saturated rings. The van der Waals surface area contributed by atoms with E-state index in [-0.39, 0.29) is 117 Å². The maximum absolute atomic E-state index is 12.4. The van der Waals surface area contributed by atoms with Gasteiger partial charge in [-0.1, -0.05) is 6.07 Å². The van der Waals surface area contributed by atoms with Gasteiger partial charge in [-0.3, -0.25) is 14.0 Å². The molecule has 13 nitrogen and oxygen atoms in total. The summed E-state index contributed by atoms with van der Waals surface area (Å²) in [6, 6.07) is 11.8. The standard InChI is InChI=1S/C20H19N3O10S3.2Na/c1-12(24)21-15-3-2-13-10-18(34-32-27)19(20(25)17(13)11-15)23-22-14-4-6-16(7-5-14)36(28,29)9-8-30-35-33-31-26;;/h2-7,10-11,25-27H,8-9H2,1H3,(H,21,24);;/q;2*+1/p-2. The normalized spacial score (nSPS) is 11.2. The summed E-state index contributed by atoms with van der Waals surface area (Å²) in [7, 11) is -3.70. The number of rotatable bonds is 12. The Hall–Kier alpha value is -0.800. The van der Waals surface area contributed by atoms with Gasteiger partial charge in [-0.2, -0.15) is 5.11 Å². The second-order valence-electron chi connectivity index (χ2n) is 6.88. The summed E-state index contributed by atoms with van der Waals surface area (Å²) in [4.78, 5) is 11.5. The third-order valence-corrected chi connectivity index (χ3v) is 7.12. The fourth-order valence-corrected chi connectivity index (χ4v) is 4.85. The van der Waals surface area contributed by atoms with E-state index < -0.39 is 9.84 Å². The molecule has 0 aliphatic carbocycles. The van der Waals surface area contributed by atoms with Crippen molar-refractivity contribution < 1.29 is 106 Å². The number of hydrogen-bond acceptors (Lipinski definition) is 14. The number of azo groups is 1. The molecule has 1 amide bonds. The van der Waals surface area contributed by atoms with Crippen molar-refractivity contribution in [3.63, 3.8) is 0 Å². The predicted octanol–water partition coefficient (Wildman–Crippen LogP) is -3.20. The molecular formula is C20H17N3Na2O10S3. The number of phenolic OH excluding ortho intramolecular Hbond substituents is 1. The summed E-state index contributed by atoms with van der Waals surface area (Å²) < 4.78 is 37.2. The molecule has 2 N–H and O–H groups in total. The van der Waals surface area contributed by atoms with E-state index in [1.165, 1.54) is 31.2 Å². The number of nitrogens with one attached hydrogen (secondary N) is 1. The molecule has 0 saturated carbocycles. The van der Waals surface area contributed by atoms with E-state index in [0.717, 1.165) is 0 Å². The van der Waals surface area contributed by atoms with Gasteiger partial charge in [0, 0.05) is 30.0 Å². The number of fused-ring (bicyclic) bond motifs is 1. The van der Waals surface area contributed by atoms with Gasteiger partial charge >= 0.3 is 59.1 Å². The molecule has 18 heteroatoms. The number of hydrogen-bond donors (Lipinski definition) is 2. The largest absolute Gasteiger partial charge is 1.00 e. The van der Waals surface area contributed by atoms with Crippen LogP contribution in [0.2, 0.25) is 0 Å². The minimum atomic E-state index is -3.70. The maximum atomic E-state index is 12.4. The van der Waals surface area contributed by atoms with Crippen molar-refractivity contribution in [2.75, 3.05) is 17.7 Å². The van der Waals surface area contributed by atoms with Crippen molar-refractivity contribution in [2.24, 2.45) is 10.2 Å². The van der Waals surface area contributed by atoms with Crippen LogP contribution in [0.3, 0.4) is 0 Å². The molecule has 0 saturated heterocycles. The second kappa shape index (κ2) is 17.1. The zero-order valence-corrected chi connectivity index (χ0v) is 26.7. The molecule has 0 heterocycles. The average molecular weight is 602 g/mol. The average Bonchev–Trinajstić information content (AvgIpc) is 2.84. The fourth-order valence-electron chi connectivity index (χ4n) is 2.97. The molecule has 0 aliphatic heterocycles. The van der Waals surface area contributed by atoms with Crippen LogP contribution in [0.15, 0.2) is 68.6 Å². The molecule has 0 aliphatic rings. The molecule has 0 unspecified atom stereocenters. The third kappa shape index (κ3) is 9.99. The van der Waals surface area contributed by atoms with Gasteiger partial charge < -0.3 is 25.3 Å². The van der Waals surface area contributed by atoms with Gasteiger partial charge in [-0.15, -0.1) is 9.45 Å². The molecule has 192 valence electrons. The van der Waals surface area contributed by atoms with Crippen molar-refractivity contribution in [1.82, 2.24) is 0 Å². The Morgan fingerprint density at radius 2 is 1.79 bits per heavy atom. The number of benzene rings is 3. The molecule has 0 bridgehead atoms. The Kier molecular flexibility index (Phi) is 15.9. The zero-order chi connectivity index (χ0) is 26.1. The van der Waals surface area contributed by atoms with Gasteiger partial charge in [0.2, 0.25) is 5.91 Å². The number of carbonyl (C=O) groups is 1. The molecule has 0 atom stereocenters. The van der Waals surface area contributed by atoms with Crippen molar-refractivity contribution in [2.45, 2.75) is 16.7 Å². The molecule has 0 radical (unpaired) electrons. The number of anilines is 1. The number of nitrogens with zero attached hydrogens (tertiary/aromatic N) is 2. The van der Waals surface area contributed by atoms with Gasteiger partial charge in [0.25, 0.3) is 0 Å². The monoisotopic (exact) mass is 601 g/mol. The zero-order valence-electron chi connectivity index (χ0n) is 20.3. The van der Waals surface area contributed by atoms with Crippen LogP contribution in [-0.2, 0) is 32.5 Å². The Morgan fingerprint density at radius 3 is 2.42 bits per heavy atom. The number of carbonyl (C=O) groups excluding carboxylic acids is 1. The van der Waals surface area contributed by atoms with Crippen LogP contribution in [0, 0.1) is 0 Å². The summed E-state index contributed by atoms with van der Waals surface area (Å²) in [6.45, 7) is 1.09. The Balaban J connectivity index is 0.00000361. The predicted molar refractivity (Wildman–Crippen MR) is 125 cm³/mol. The van der Waals surface area contributed by atoms with Gasteiger partial charge in [0.15, 0.2) is 27.9 Å². The van der Waals surface area contributed by atoms with Crippen LogP contribution in [0.5, 0.6) is 5.75 Å². The van der Waals surface area contributed by atoms with Crippen LogP contribution in [0.4, 0.5) is 17.1 Å². The summed E-state index contributed by atoms with van der Waals surface area (Å²) in [5.41, 5.74) is 0.645. The number of sulfone groups is 1. The molecular weight excluding hydrogens is 584 g/mol. The van der Waals surface area contributed by atoms with Crippen LogP contribution in [0.1, 0.15) is 6.92 Å². The first-order chi connectivity index (χ1) is 17.2. The first-order valence-corrected chi connectivity index (χ1v) is 12.8. The minimum absolute atomic E-state index is 0. The quantitative estimate of drug-likeness (QED) is 0.0529. The van der Waals surface area contributed by atoms with E-state index in [2.05, 4.69) is 29.3 Å². The van der Waals surface area contributed by atoms with Gasteiger partial charge in [0.1, 0.15) is 5.69 Å². The van der Waals surface area contributed by atoms with Crippen molar-refractivity contribution >= 4 is 67.9 Å². The first kappa shape index (κ1) is 35.2. The topological polar surface area (TPSA) is 191 Å². The van der Waals surface area contributed by atoms with E-state index in [1.54, 1.807) is 24.3 Å². The maximum Gasteiger partial charge on any atom is 1.00 e. The Labute approximate surface area is 270 Å². The number of amides is 1. The molecule has 0 spiro atoms. The number of phenols is 1. The van der Waals surface area contributed by atoms with Crippen molar-refractivity contribution in [1.29, 1.82) is 0 Å². The smallest absolute Gasteiger partial charge is 0.710 e. The van der Waals surface area contributed by atoms with E-state index >= 15 is 0 Å². The fraction of sp³-hybridized carbons (Fsp3) is 0.150. The van der Waals surface area contributed by atoms with Gasteiger partial charge in [-0.05, 0) is 47.9 Å². The van der Waals surface area contributed by atoms with Crippen molar-refractivity contribution in [3.05, 3.63) is 48.5 Å². The van der Waals surface area contributed by atoms with Crippen LogP contribution in [-0.4, -0.2) is 31.8 Å². The van der Waals surface area contributed by atoms with Crippen LogP contribution < -0.4 is 74.9 Å². The van der Waals surface area contributed by atoms with Crippen LogP contribution >= 0.6 is 24.4 Å². The molecule has 38 heavy (non-hydrogen) atoms. The Morgan fingerprint density at radius 1 is 1.08 bits per heavy atom. The van der Waals surface area contributed by atoms with E-state index in [9.17, 15) is 28.8 Å². The minimum Gasteiger partial charge on any atom is -0.710 e. The molecule has 3 aromatic rings. The summed E-state index contributed by atoms with van der Waals surface area (Å²) in [5, 5.41) is 45.9. The molecule has 3 aromatic carbocycles. The summed E-state index contributed by atoms with van der Waals surface area (Å²) >= 11 is 0.643. The van der Waals surface area contributed by atoms with Gasteiger partial charge in [0.05, 0.1) is 27.8 Å². The second-order valence-corrected chi connectivity index (χ2v) is 10.2. The first-order valence-electron chi connectivity index (χ1n) is 9.78. The van der Waals surface area contributed by atoms with Crippen LogP contribution in [0.25, 0.3) is 10.8 Å². The Bertz CT molecular complexity index is 1360. The SMILES string of the molecule is CC(=O)Nc1ccc2cc(SO[O-])c(N=Nc3ccc(S(=O)(=O)CCOSOO[O-])cc3)c(O)c2c1.[Na+].[Na+]. The van der Waals surface area contributed by atoms with Crippen molar-refractivity contribution in [3.8, 4) is 5.75 Å². The van der Waals surface area contributed by atoms with E-state index in [0.29, 0.717) is 28.5 Å².